The Morgan fingerprint density at radius 2 is 2.25 bits per heavy atom. The summed E-state index contributed by atoms with van der Waals surface area (Å²) in [4.78, 5) is 22.3. The van der Waals surface area contributed by atoms with Crippen molar-refractivity contribution in [3.05, 3.63) is 34.9 Å². The van der Waals surface area contributed by atoms with Crippen LogP contribution in [0.3, 0.4) is 0 Å². The first kappa shape index (κ1) is 11.0. The summed E-state index contributed by atoms with van der Waals surface area (Å²) < 4.78 is 0. The Bertz CT molecular complexity index is 447. The summed E-state index contributed by atoms with van der Waals surface area (Å²) in [6.45, 7) is 0.343. The molecule has 0 unspecified atom stereocenters. The summed E-state index contributed by atoms with van der Waals surface area (Å²) in [5, 5.41) is 12.1. The molecule has 1 aromatic carbocycles. The summed E-state index contributed by atoms with van der Waals surface area (Å²) in [5.41, 5.74) is 0.776. The van der Waals surface area contributed by atoms with Crippen molar-refractivity contribution in [2.24, 2.45) is 5.92 Å². The molecule has 4 nitrogen and oxygen atoms in total. The Kier molecular flexibility index (Phi) is 2.83. The van der Waals surface area contributed by atoms with Gasteiger partial charge in [0.15, 0.2) is 0 Å². The lowest BCUT2D eigenvalue weighted by Crippen LogP contribution is -2.26. The van der Waals surface area contributed by atoms with Crippen LogP contribution in [0.5, 0.6) is 0 Å². The number of carboxylic acids is 1. The highest BCUT2D eigenvalue weighted by Gasteiger charge is 2.41. The summed E-state index contributed by atoms with van der Waals surface area (Å²) in [5.74, 6) is -2.89. The average molecular weight is 240 g/mol. The summed E-state index contributed by atoms with van der Waals surface area (Å²) in [7, 11) is 0. The van der Waals surface area contributed by atoms with E-state index in [0.717, 1.165) is 5.56 Å². The molecular weight excluding hydrogens is 230 g/mol. The van der Waals surface area contributed by atoms with Crippen molar-refractivity contribution in [3.8, 4) is 0 Å². The Labute approximate surface area is 97.2 Å². The fourth-order valence-electron chi connectivity index (χ4n) is 1.95. The minimum absolute atomic E-state index is 0.343. The van der Waals surface area contributed by atoms with E-state index in [4.69, 9.17) is 16.7 Å². The monoisotopic (exact) mass is 239 g/mol. The molecule has 0 saturated carbocycles. The third-order valence-corrected chi connectivity index (χ3v) is 2.96. The molecule has 5 heteroatoms. The van der Waals surface area contributed by atoms with Gasteiger partial charge in [-0.25, -0.2) is 0 Å². The minimum Gasteiger partial charge on any atom is -0.481 e. The molecule has 2 atom stereocenters. The standard InChI is InChI=1S/C11H10ClNO3/c12-7-3-1-2-6(4-7)8-5-13-10(14)9(8)11(15)16/h1-4,8-9H,5H2,(H,13,14)(H,15,16)/t8-,9+/m1/s1. The van der Waals surface area contributed by atoms with Gasteiger partial charge >= 0.3 is 5.97 Å². The number of rotatable bonds is 2. The van der Waals surface area contributed by atoms with Crippen molar-refractivity contribution in [2.45, 2.75) is 5.92 Å². The quantitative estimate of drug-likeness (QED) is 0.764. The van der Waals surface area contributed by atoms with Gasteiger partial charge in [0.25, 0.3) is 0 Å². The van der Waals surface area contributed by atoms with Crippen molar-refractivity contribution in [1.82, 2.24) is 5.32 Å². The molecule has 1 aromatic rings. The lowest BCUT2D eigenvalue weighted by atomic mass is 9.89. The van der Waals surface area contributed by atoms with E-state index in [1.807, 2.05) is 0 Å². The number of hydrogen-bond donors (Lipinski definition) is 2. The Morgan fingerprint density at radius 1 is 1.50 bits per heavy atom. The second kappa shape index (κ2) is 4.14. The summed E-state index contributed by atoms with van der Waals surface area (Å²) in [6, 6.07) is 6.94. The van der Waals surface area contributed by atoms with Gasteiger partial charge in [-0.1, -0.05) is 23.7 Å². The van der Waals surface area contributed by atoms with Gasteiger partial charge in [-0.05, 0) is 17.7 Å². The lowest BCUT2D eigenvalue weighted by molar-refractivity contribution is -0.145. The predicted molar refractivity (Wildman–Crippen MR) is 58.3 cm³/mol. The molecule has 1 heterocycles. The van der Waals surface area contributed by atoms with Crippen LogP contribution in [0.25, 0.3) is 0 Å². The van der Waals surface area contributed by atoms with E-state index >= 15 is 0 Å². The number of amides is 1. The number of carbonyl (C=O) groups is 2. The maximum absolute atomic E-state index is 11.4. The van der Waals surface area contributed by atoms with Gasteiger partial charge in [0, 0.05) is 17.5 Å². The second-order valence-electron chi connectivity index (χ2n) is 3.72. The molecule has 1 saturated heterocycles. The number of hydrogen-bond acceptors (Lipinski definition) is 2. The largest absolute Gasteiger partial charge is 0.481 e. The highest BCUT2D eigenvalue weighted by Crippen LogP contribution is 2.30. The molecule has 0 aromatic heterocycles. The smallest absolute Gasteiger partial charge is 0.316 e. The number of nitrogens with one attached hydrogen (secondary N) is 1. The number of carbonyl (C=O) groups excluding carboxylic acids is 1. The van der Waals surface area contributed by atoms with E-state index in [9.17, 15) is 9.59 Å². The minimum atomic E-state index is -1.10. The topological polar surface area (TPSA) is 66.4 Å². The molecule has 1 amide bonds. The van der Waals surface area contributed by atoms with Crippen LogP contribution in [0.4, 0.5) is 0 Å². The maximum Gasteiger partial charge on any atom is 0.316 e. The first-order valence-corrected chi connectivity index (χ1v) is 5.23. The zero-order chi connectivity index (χ0) is 11.7. The maximum atomic E-state index is 11.4. The van der Waals surface area contributed by atoms with E-state index in [0.29, 0.717) is 11.6 Å². The molecule has 1 fully saturated rings. The zero-order valence-electron chi connectivity index (χ0n) is 8.31. The molecule has 0 spiro atoms. The highest BCUT2D eigenvalue weighted by atomic mass is 35.5. The summed E-state index contributed by atoms with van der Waals surface area (Å²) >= 11 is 5.83. The van der Waals surface area contributed by atoms with E-state index in [1.54, 1.807) is 24.3 Å². The molecule has 0 bridgehead atoms. The van der Waals surface area contributed by atoms with Crippen LogP contribution in [-0.2, 0) is 9.59 Å². The predicted octanol–water partition coefficient (Wildman–Crippen LogP) is 1.25. The Balaban J connectivity index is 2.34. The summed E-state index contributed by atoms with van der Waals surface area (Å²) in [6.07, 6.45) is 0. The molecule has 0 radical (unpaired) electrons. The second-order valence-corrected chi connectivity index (χ2v) is 4.16. The third kappa shape index (κ3) is 1.88. The van der Waals surface area contributed by atoms with Crippen molar-refractivity contribution >= 4 is 23.5 Å². The van der Waals surface area contributed by atoms with Crippen molar-refractivity contribution in [2.75, 3.05) is 6.54 Å². The third-order valence-electron chi connectivity index (χ3n) is 2.72. The normalized spacial score (nSPS) is 24.2. The van der Waals surface area contributed by atoms with Gasteiger partial charge in [0.2, 0.25) is 5.91 Å². The van der Waals surface area contributed by atoms with Crippen LogP contribution in [0.15, 0.2) is 24.3 Å². The van der Waals surface area contributed by atoms with Gasteiger partial charge in [0.05, 0.1) is 0 Å². The van der Waals surface area contributed by atoms with Crippen LogP contribution in [-0.4, -0.2) is 23.5 Å². The molecule has 2 rings (SSSR count). The molecule has 1 aliphatic heterocycles. The Morgan fingerprint density at radius 3 is 2.88 bits per heavy atom. The van der Waals surface area contributed by atoms with Crippen molar-refractivity contribution in [3.63, 3.8) is 0 Å². The number of carboxylic acid groups (broad SMARTS) is 1. The number of benzene rings is 1. The van der Waals surface area contributed by atoms with Gasteiger partial charge in [-0.2, -0.15) is 0 Å². The molecule has 84 valence electrons. The van der Waals surface area contributed by atoms with Gasteiger partial charge in [-0.3, -0.25) is 9.59 Å². The SMILES string of the molecule is O=C(O)[C@@H]1C(=O)NC[C@@H]1c1cccc(Cl)c1. The van der Waals surface area contributed by atoms with Gasteiger partial charge < -0.3 is 10.4 Å². The first-order chi connectivity index (χ1) is 7.59. The molecule has 0 aliphatic carbocycles. The highest BCUT2D eigenvalue weighted by molar-refractivity contribution is 6.30. The Hall–Kier alpha value is -1.55. The lowest BCUT2D eigenvalue weighted by Gasteiger charge is -2.13. The number of aliphatic carboxylic acids is 1. The molecular formula is C11H10ClNO3. The van der Waals surface area contributed by atoms with E-state index in [2.05, 4.69) is 5.32 Å². The van der Waals surface area contributed by atoms with Crippen LogP contribution < -0.4 is 5.32 Å². The van der Waals surface area contributed by atoms with Gasteiger partial charge in [-0.15, -0.1) is 0 Å². The molecule has 16 heavy (non-hydrogen) atoms. The molecule has 1 aliphatic rings. The first-order valence-electron chi connectivity index (χ1n) is 4.85. The molecule has 2 N–H and O–H groups in total. The van der Waals surface area contributed by atoms with Crippen LogP contribution in [0, 0.1) is 5.92 Å². The van der Waals surface area contributed by atoms with E-state index < -0.39 is 17.8 Å². The fourth-order valence-corrected chi connectivity index (χ4v) is 2.15. The average Bonchev–Trinajstić information content (AvgIpc) is 2.60. The van der Waals surface area contributed by atoms with E-state index in [-0.39, 0.29) is 5.92 Å². The van der Waals surface area contributed by atoms with Crippen molar-refractivity contribution < 1.29 is 14.7 Å². The van der Waals surface area contributed by atoms with Crippen LogP contribution >= 0.6 is 11.6 Å². The fraction of sp³-hybridized carbons (Fsp3) is 0.273. The van der Waals surface area contributed by atoms with Crippen LogP contribution in [0.1, 0.15) is 11.5 Å². The van der Waals surface area contributed by atoms with Crippen LogP contribution in [0.2, 0.25) is 5.02 Å². The van der Waals surface area contributed by atoms with Crippen molar-refractivity contribution in [1.29, 1.82) is 0 Å². The number of halogens is 1. The van der Waals surface area contributed by atoms with E-state index in [1.165, 1.54) is 0 Å². The van der Waals surface area contributed by atoms with Gasteiger partial charge in [0.1, 0.15) is 5.92 Å². The zero-order valence-corrected chi connectivity index (χ0v) is 9.07.